The van der Waals surface area contributed by atoms with E-state index in [1.54, 1.807) is 18.2 Å². The highest BCUT2D eigenvalue weighted by atomic mass is 16.2. The lowest BCUT2D eigenvalue weighted by Gasteiger charge is -2.29. The predicted octanol–water partition coefficient (Wildman–Crippen LogP) is 3.51. The quantitative estimate of drug-likeness (QED) is 0.676. The molecule has 0 bridgehead atoms. The fourth-order valence-corrected chi connectivity index (χ4v) is 2.19. The van der Waals surface area contributed by atoms with Crippen LogP contribution in [0.15, 0.2) is 42.5 Å². The molecule has 3 nitrogen and oxygen atoms in total. The highest BCUT2D eigenvalue weighted by Crippen LogP contribution is 2.28. The molecule has 0 spiro atoms. The second-order valence-corrected chi connectivity index (χ2v) is 5.93. The number of hydrogen-bond donors (Lipinski definition) is 0. The van der Waals surface area contributed by atoms with Crippen LogP contribution in [-0.4, -0.2) is 22.3 Å². The summed E-state index contributed by atoms with van der Waals surface area (Å²) in [4.78, 5) is 26.3. The standard InChI is InChI=1S/C17H19NO2/c1-12-8-6-5-7-9-13-14(11-10-12)16(20)18(15(13)19)17(2,3)4/h5-11H,1-4H3. The fraction of sp³-hybridized carbons (Fsp3) is 0.294. The van der Waals surface area contributed by atoms with Crippen molar-refractivity contribution in [2.75, 3.05) is 0 Å². The molecule has 0 fully saturated rings. The van der Waals surface area contributed by atoms with Crippen LogP contribution in [0.1, 0.15) is 47.1 Å². The van der Waals surface area contributed by atoms with Gasteiger partial charge in [0, 0.05) is 5.54 Å². The highest BCUT2D eigenvalue weighted by Gasteiger charge is 2.41. The molecule has 0 saturated carbocycles. The van der Waals surface area contributed by atoms with E-state index in [4.69, 9.17) is 0 Å². The smallest absolute Gasteiger partial charge is 0.262 e. The Hall–Kier alpha value is -2.16. The first-order valence-electron chi connectivity index (χ1n) is 6.65. The van der Waals surface area contributed by atoms with Crippen molar-refractivity contribution in [2.45, 2.75) is 33.2 Å². The van der Waals surface area contributed by atoms with E-state index >= 15 is 0 Å². The summed E-state index contributed by atoms with van der Waals surface area (Å²) in [7, 11) is 0. The van der Waals surface area contributed by atoms with E-state index < -0.39 is 5.54 Å². The van der Waals surface area contributed by atoms with Gasteiger partial charge in [0.15, 0.2) is 0 Å². The first-order chi connectivity index (χ1) is 9.32. The molecule has 0 unspecified atom stereocenters. The maximum atomic E-state index is 12.5. The van der Waals surface area contributed by atoms with E-state index in [0.29, 0.717) is 11.1 Å². The third-order valence-corrected chi connectivity index (χ3v) is 3.19. The Balaban J connectivity index is 2.69. The maximum Gasteiger partial charge on any atom is 0.262 e. The van der Waals surface area contributed by atoms with Crippen LogP contribution in [-0.2, 0) is 0 Å². The molecule has 0 N–H and O–H groups in total. The minimum absolute atomic E-state index is 0.226. The largest absolute Gasteiger partial charge is 0.269 e. The summed E-state index contributed by atoms with van der Waals surface area (Å²) < 4.78 is 0. The van der Waals surface area contributed by atoms with Crippen molar-refractivity contribution in [1.82, 2.24) is 4.90 Å². The van der Waals surface area contributed by atoms with Gasteiger partial charge in [-0.05, 0) is 39.8 Å². The second kappa shape index (κ2) is 5.08. The van der Waals surface area contributed by atoms with Gasteiger partial charge in [-0.1, -0.05) is 35.9 Å². The van der Waals surface area contributed by atoms with Crippen molar-refractivity contribution in [3.05, 3.63) is 59.2 Å². The van der Waals surface area contributed by atoms with Gasteiger partial charge in [0.1, 0.15) is 0 Å². The number of carbonyl (C=O) groups excluding carboxylic acids is 2. The van der Waals surface area contributed by atoms with Crippen LogP contribution >= 0.6 is 0 Å². The first-order valence-corrected chi connectivity index (χ1v) is 6.65. The molecule has 1 aliphatic heterocycles. The number of rotatable bonds is 0. The fourth-order valence-electron chi connectivity index (χ4n) is 2.19. The van der Waals surface area contributed by atoms with Crippen LogP contribution in [0.4, 0.5) is 0 Å². The topological polar surface area (TPSA) is 37.4 Å². The van der Waals surface area contributed by atoms with Crippen molar-refractivity contribution < 1.29 is 9.59 Å². The average molecular weight is 269 g/mol. The molecule has 1 aromatic carbocycles. The minimum atomic E-state index is -0.524. The summed E-state index contributed by atoms with van der Waals surface area (Å²) in [5.74, 6) is -0.454. The molecule has 2 amide bonds. The molecule has 0 aromatic heterocycles. The van der Waals surface area contributed by atoms with Gasteiger partial charge in [-0.25, -0.2) is 0 Å². The Labute approximate surface area is 119 Å². The normalized spacial score (nSPS) is 14.1. The lowest BCUT2D eigenvalue weighted by molar-refractivity contribution is 0.0507. The number of hydrogen-bond acceptors (Lipinski definition) is 2. The number of imide groups is 1. The average Bonchev–Trinajstić information content (AvgIpc) is 2.58. The van der Waals surface area contributed by atoms with E-state index in [9.17, 15) is 9.59 Å². The molecule has 1 aliphatic rings. The van der Waals surface area contributed by atoms with E-state index in [2.05, 4.69) is 0 Å². The number of amides is 2. The summed E-state index contributed by atoms with van der Waals surface area (Å²) in [6.07, 6.45) is 0. The Morgan fingerprint density at radius 1 is 0.800 bits per heavy atom. The van der Waals surface area contributed by atoms with E-state index in [1.165, 1.54) is 4.90 Å². The molecule has 0 aliphatic carbocycles. The van der Waals surface area contributed by atoms with Gasteiger partial charge in [-0.3, -0.25) is 14.5 Å². The molecular formula is C17H19NO2. The lowest BCUT2D eigenvalue weighted by Crippen LogP contribution is -2.45. The van der Waals surface area contributed by atoms with E-state index in [1.807, 2.05) is 52.0 Å². The SMILES string of the molecule is Cc1cccccc2c(cc1)C(=O)N(C(C)(C)C)C2=O. The molecule has 2 rings (SSSR count). The van der Waals surface area contributed by atoms with Gasteiger partial charge in [-0.2, -0.15) is 0 Å². The minimum Gasteiger partial charge on any atom is -0.269 e. The van der Waals surface area contributed by atoms with Gasteiger partial charge < -0.3 is 0 Å². The summed E-state index contributed by atoms with van der Waals surface area (Å²) >= 11 is 0. The number of carbonyl (C=O) groups is 2. The molecule has 1 heterocycles. The summed E-state index contributed by atoms with van der Waals surface area (Å²) in [6.45, 7) is 7.54. The van der Waals surface area contributed by atoms with E-state index in [0.717, 1.165) is 5.56 Å². The van der Waals surface area contributed by atoms with E-state index in [-0.39, 0.29) is 11.8 Å². The number of aryl methyl sites for hydroxylation is 1. The van der Waals surface area contributed by atoms with Crippen LogP contribution in [0, 0.1) is 6.92 Å². The van der Waals surface area contributed by atoms with Gasteiger partial charge in [-0.15, -0.1) is 0 Å². The van der Waals surface area contributed by atoms with Crippen LogP contribution in [0.3, 0.4) is 0 Å². The Bertz CT molecular complexity index is 625. The summed E-state index contributed by atoms with van der Waals surface area (Å²) in [5.41, 5.74) is 1.42. The molecule has 0 radical (unpaired) electrons. The molecule has 20 heavy (non-hydrogen) atoms. The molecular weight excluding hydrogens is 250 g/mol. The molecule has 3 heteroatoms. The maximum absolute atomic E-state index is 12.5. The molecule has 104 valence electrons. The van der Waals surface area contributed by atoms with Crippen molar-refractivity contribution in [1.29, 1.82) is 0 Å². The summed E-state index contributed by atoms with van der Waals surface area (Å²) in [6, 6.07) is 12.8. The van der Waals surface area contributed by atoms with Gasteiger partial charge >= 0.3 is 0 Å². The number of fused-ring (bicyclic) bond motifs is 1. The Morgan fingerprint density at radius 2 is 1.35 bits per heavy atom. The monoisotopic (exact) mass is 269 g/mol. The zero-order valence-electron chi connectivity index (χ0n) is 12.3. The van der Waals surface area contributed by atoms with Gasteiger partial charge in [0.25, 0.3) is 11.8 Å². The molecule has 1 aromatic rings. The van der Waals surface area contributed by atoms with Crippen LogP contribution in [0.25, 0.3) is 0 Å². The predicted molar refractivity (Wildman–Crippen MR) is 79.1 cm³/mol. The van der Waals surface area contributed by atoms with Crippen LogP contribution in [0.2, 0.25) is 0 Å². The molecule has 0 atom stereocenters. The van der Waals surface area contributed by atoms with Crippen molar-refractivity contribution in [2.24, 2.45) is 0 Å². The summed E-state index contributed by atoms with van der Waals surface area (Å²) in [5, 5.41) is 0. The zero-order valence-corrected chi connectivity index (χ0v) is 12.3. The highest BCUT2D eigenvalue weighted by molar-refractivity contribution is 6.21. The third kappa shape index (κ3) is 2.57. The first kappa shape index (κ1) is 14.3. The number of nitrogens with zero attached hydrogens (tertiary/aromatic N) is 1. The van der Waals surface area contributed by atoms with Crippen molar-refractivity contribution >= 4 is 11.8 Å². The van der Waals surface area contributed by atoms with Crippen molar-refractivity contribution in [3.8, 4) is 0 Å². The lowest BCUT2D eigenvalue weighted by atomic mass is 10.1. The van der Waals surface area contributed by atoms with Crippen molar-refractivity contribution in [3.63, 3.8) is 0 Å². The zero-order chi connectivity index (χ0) is 14.9. The van der Waals surface area contributed by atoms with Crippen LogP contribution in [0.5, 0.6) is 0 Å². The third-order valence-electron chi connectivity index (χ3n) is 3.19. The molecule has 0 saturated heterocycles. The van der Waals surface area contributed by atoms with Gasteiger partial charge in [0.2, 0.25) is 0 Å². The Kier molecular flexibility index (Phi) is 3.62. The van der Waals surface area contributed by atoms with Crippen LogP contribution < -0.4 is 0 Å². The Morgan fingerprint density at radius 3 is 1.95 bits per heavy atom. The van der Waals surface area contributed by atoms with Gasteiger partial charge in [0.05, 0.1) is 11.1 Å². The second-order valence-electron chi connectivity index (χ2n) is 5.93.